The van der Waals surface area contributed by atoms with Gasteiger partial charge in [-0.1, -0.05) is 0 Å². The minimum atomic E-state index is -3.19. The van der Waals surface area contributed by atoms with Crippen LogP contribution >= 0.6 is 0 Å². The summed E-state index contributed by atoms with van der Waals surface area (Å²) in [6.45, 7) is 3.70. The molecule has 0 radical (unpaired) electrons. The van der Waals surface area contributed by atoms with Gasteiger partial charge in [-0.15, -0.1) is 0 Å². The quantitative estimate of drug-likeness (QED) is 0.855. The first-order chi connectivity index (χ1) is 12.4. The third-order valence-corrected chi connectivity index (χ3v) is 5.80. The average Bonchev–Trinajstić information content (AvgIpc) is 3.09. The largest absolute Gasteiger partial charge is 0.319 e. The minimum absolute atomic E-state index is 0.0540. The molecule has 1 saturated heterocycles. The van der Waals surface area contributed by atoms with Crippen molar-refractivity contribution in [1.29, 1.82) is 0 Å². The zero-order valence-electron chi connectivity index (χ0n) is 14.9. The topological polar surface area (TPSA) is 97.2 Å². The number of amides is 1. The number of hydrogen-bond donors (Lipinski definition) is 1. The zero-order valence-corrected chi connectivity index (χ0v) is 15.7. The van der Waals surface area contributed by atoms with Crippen LogP contribution < -0.4 is 5.32 Å². The third kappa shape index (κ3) is 4.28. The molecule has 1 atom stereocenters. The lowest BCUT2D eigenvalue weighted by molar-refractivity contribution is 0.102. The molecule has 9 heteroatoms. The highest BCUT2D eigenvalue weighted by molar-refractivity contribution is 7.88. The molecule has 140 valence electrons. The fraction of sp³-hybridized carbons (Fsp3) is 0.471. The van der Waals surface area contributed by atoms with Gasteiger partial charge < -0.3 is 5.32 Å². The predicted octanol–water partition coefficient (Wildman–Crippen LogP) is 1.69. The van der Waals surface area contributed by atoms with Gasteiger partial charge in [-0.05, 0) is 31.9 Å². The molecule has 0 aromatic carbocycles. The van der Waals surface area contributed by atoms with Gasteiger partial charge >= 0.3 is 0 Å². The number of carbonyl (C=O) groups excluding carboxylic acids is 1. The second-order valence-corrected chi connectivity index (χ2v) is 8.45. The fourth-order valence-corrected chi connectivity index (χ4v) is 3.98. The molecule has 0 saturated carbocycles. The molecule has 1 fully saturated rings. The summed E-state index contributed by atoms with van der Waals surface area (Å²) in [7, 11) is -3.19. The van der Waals surface area contributed by atoms with E-state index in [0.717, 1.165) is 25.1 Å². The second-order valence-electron chi connectivity index (χ2n) is 6.47. The molecule has 1 aliphatic heterocycles. The number of nitrogens with one attached hydrogen (secondary N) is 1. The predicted molar refractivity (Wildman–Crippen MR) is 98.5 cm³/mol. The lowest BCUT2D eigenvalue weighted by atomic mass is 9.95. The Morgan fingerprint density at radius 1 is 1.35 bits per heavy atom. The maximum atomic E-state index is 12.3. The van der Waals surface area contributed by atoms with Crippen molar-refractivity contribution in [2.24, 2.45) is 0 Å². The van der Waals surface area contributed by atoms with Gasteiger partial charge in [-0.25, -0.2) is 12.7 Å². The molecule has 26 heavy (non-hydrogen) atoms. The van der Waals surface area contributed by atoms with Crippen molar-refractivity contribution < 1.29 is 13.2 Å². The number of anilines is 1. The molecule has 3 rings (SSSR count). The molecule has 2 aromatic rings. The van der Waals surface area contributed by atoms with Crippen molar-refractivity contribution in [2.45, 2.75) is 32.2 Å². The van der Waals surface area contributed by atoms with Crippen molar-refractivity contribution in [3.05, 3.63) is 42.0 Å². The van der Waals surface area contributed by atoms with Gasteiger partial charge in [0.2, 0.25) is 10.0 Å². The summed E-state index contributed by atoms with van der Waals surface area (Å²) in [4.78, 5) is 16.7. The summed E-state index contributed by atoms with van der Waals surface area (Å²) >= 11 is 0. The Kier molecular flexibility index (Phi) is 5.38. The van der Waals surface area contributed by atoms with Crippen molar-refractivity contribution in [2.75, 3.05) is 24.7 Å². The number of aryl methyl sites for hydroxylation is 1. The van der Waals surface area contributed by atoms with Crippen LogP contribution in [0.25, 0.3) is 0 Å². The lowest BCUT2D eigenvalue weighted by Crippen LogP contribution is -2.38. The number of carbonyl (C=O) groups is 1. The molecule has 1 amide bonds. The molecule has 8 nitrogen and oxygen atoms in total. The van der Waals surface area contributed by atoms with Gasteiger partial charge in [0.15, 0.2) is 0 Å². The van der Waals surface area contributed by atoms with Crippen molar-refractivity contribution in [3.63, 3.8) is 0 Å². The molecule has 0 unspecified atom stereocenters. The van der Waals surface area contributed by atoms with Crippen LogP contribution in [0.5, 0.6) is 0 Å². The van der Waals surface area contributed by atoms with Crippen LogP contribution in [-0.2, 0) is 16.6 Å². The molecular weight excluding hydrogens is 354 g/mol. The zero-order chi connectivity index (χ0) is 18.7. The lowest BCUT2D eigenvalue weighted by Gasteiger charge is -2.30. The molecule has 0 spiro atoms. The van der Waals surface area contributed by atoms with Gasteiger partial charge in [-0.3, -0.25) is 14.5 Å². The highest BCUT2D eigenvalue weighted by Crippen LogP contribution is 2.26. The molecule has 0 bridgehead atoms. The van der Waals surface area contributed by atoms with Crippen LogP contribution in [0.2, 0.25) is 0 Å². The Hall–Kier alpha value is -2.26. The van der Waals surface area contributed by atoms with Crippen molar-refractivity contribution in [1.82, 2.24) is 19.1 Å². The fourth-order valence-electron chi connectivity index (χ4n) is 3.07. The van der Waals surface area contributed by atoms with E-state index in [9.17, 15) is 13.2 Å². The van der Waals surface area contributed by atoms with Crippen LogP contribution in [-0.4, -0.2) is 52.7 Å². The number of nitrogens with zero attached hydrogens (tertiary/aromatic N) is 4. The third-order valence-electron chi connectivity index (χ3n) is 4.54. The number of aromatic nitrogens is 3. The standard InChI is InChI=1S/C17H23N5O3S/c1-3-21-12-15(10-19-21)20-17(23)13-6-7-16(18-9-13)14-5-4-8-22(11-14)26(2,24)25/h6-7,9-10,12,14H,3-5,8,11H2,1-2H3,(H,20,23)/t14-/m0/s1. The number of rotatable bonds is 5. The highest BCUT2D eigenvalue weighted by atomic mass is 32.2. The Labute approximate surface area is 153 Å². The number of pyridine rings is 1. The van der Waals surface area contributed by atoms with E-state index in [2.05, 4.69) is 15.4 Å². The van der Waals surface area contributed by atoms with E-state index >= 15 is 0 Å². The van der Waals surface area contributed by atoms with Gasteiger partial charge in [0.25, 0.3) is 5.91 Å². The Morgan fingerprint density at radius 3 is 2.77 bits per heavy atom. The van der Waals surface area contributed by atoms with E-state index in [4.69, 9.17) is 0 Å². The van der Waals surface area contributed by atoms with Crippen LogP contribution in [0.15, 0.2) is 30.7 Å². The molecular formula is C17H23N5O3S. The Balaban J connectivity index is 1.67. The van der Waals surface area contributed by atoms with E-state index < -0.39 is 10.0 Å². The summed E-state index contributed by atoms with van der Waals surface area (Å²) in [6.07, 6.45) is 7.83. The molecule has 0 aliphatic carbocycles. The summed E-state index contributed by atoms with van der Waals surface area (Å²) in [5.41, 5.74) is 1.90. The second kappa shape index (κ2) is 7.55. The van der Waals surface area contributed by atoms with Crippen LogP contribution in [0.4, 0.5) is 5.69 Å². The van der Waals surface area contributed by atoms with Gasteiger partial charge in [0.1, 0.15) is 0 Å². The van der Waals surface area contributed by atoms with E-state index in [1.54, 1.807) is 29.2 Å². The minimum Gasteiger partial charge on any atom is -0.319 e. The SMILES string of the molecule is CCn1cc(NC(=O)c2ccc([C@H]3CCCN(S(C)(=O)=O)C3)nc2)cn1. The van der Waals surface area contributed by atoms with Gasteiger partial charge in [-0.2, -0.15) is 5.10 Å². The molecule has 3 heterocycles. The van der Waals surface area contributed by atoms with Crippen LogP contribution in [0.3, 0.4) is 0 Å². The highest BCUT2D eigenvalue weighted by Gasteiger charge is 2.27. The van der Waals surface area contributed by atoms with E-state index in [1.165, 1.54) is 16.8 Å². The Morgan fingerprint density at radius 2 is 2.15 bits per heavy atom. The first kappa shape index (κ1) is 18.5. The van der Waals surface area contributed by atoms with Crippen molar-refractivity contribution >= 4 is 21.6 Å². The van der Waals surface area contributed by atoms with Gasteiger partial charge in [0.05, 0.1) is 23.7 Å². The van der Waals surface area contributed by atoms with Crippen molar-refractivity contribution in [3.8, 4) is 0 Å². The smallest absolute Gasteiger partial charge is 0.257 e. The summed E-state index contributed by atoms with van der Waals surface area (Å²) in [5, 5.41) is 6.91. The van der Waals surface area contributed by atoms with Gasteiger partial charge in [0, 0.05) is 43.6 Å². The van der Waals surface area contributed by atoms with Crippen LogP contribution in [0, 0.1) is 0 Å². The first-order valence-electron chi connectivity index (χ1n) is 8.61. The van der Waals surface area contributed by atoms with Crippen LogP contribution in [0.1, 0.15) is 41.7 Å². The van der Waals surface area contributed by atoms with E-state index in [-0.39, 0.29) is 11.8 Å². The summed E-state index contributed by atoms with van der Waals surface area (Å²) < 4.78 is 26.7. The molecule has 1 aliphatic rings. The number of hydrogen-bond acceptors (Lipinski definition) is 5. The molecule has 1 N–H and O–H groups in total. The monoisotopic (exact) mass is 377 g/mol. The number of piperidine rings is 1. The van der Waals surface area contributed by atoms with E-state index in [0.29, 0.717) is 24.3 Å². The summed E-state index contributed by atoms with van der Waals surface area (Å²) in [6, 6.07) is 3.53. The maximum absolute atomic E-state index is 12.3. The Bertz CT molecular complexity index is 876. The first-order valence-corrected chi connectivity index (χ1v) is 10.5. The number of sulfonamides is 1. The van der Waals surface area contributed by atoms with E-state index in [1.807, 2.05) is 6.92 Å². The maximum Gasteiger partial charge on any atom is 0.257 e. The molecule has 2 aromatic heterocycles. The summed E-state index contributed by atoms with van der Waals surface area (Å²) in [5.74, 6) is -0.195. The average molecular weight is 377 g/mol. The normalized spacial score (nSPS) is 18.6.